The maximum atomic E-state index is 10.8. The van der Waals surface area contributed by atoms with Crippen LogP contribution in [0.25, 0.3) is 11.1 Å². The summed E-state index contributed by atoms with van der Waals surface area (Å²) in [5.74, 6) is 0.565. The van der Waals surface area contributed by atoms with Crippen LogP contribution in [-0.2, 0) is 16.1 Å². The molecule has 0 aliphatic carbocycles. The van der Waals surface area contributed by atoms with Crippen LogP contribution in [0, 0.1) is 0 Å². The van der Waals surface area contributed by atoms with E-state index in [9.17, 15) is 4.79 Å². The van der Waals surface area contributed by atoms with Crippen molar-refractivity contribution < 1.29 is 24.2 Å². The van der Waals surface area contributed by atoms with Gasteiger partial charge in [0.15, 0.2) is 6.61 Å². The highest BCUT2D eigenvalue weighted by Gasteiger charge is 2.05. The zero-order chi connectivity index (χ0) is 22.8. The Morgan fingerprint density at radius 2 is 1.66 bits per heavy atom. The molecule has 0 saturated heterocycles. The fourth-order valence-electron chi connectivity index (χ4n) is 3.22. The zero-order valence-corrected chi connectivity index (χ0v) is 18.3. The van der Waals surface area contributed by atoms with E-state index in [2.05, 4.69) is 17.3 Å². The van der Waals surface area contributed by atoms with Crippen molar-refractivity contribution in [3.63, 3.8) is 0 Å². The molecule has 0 unspecified atom stereocenters. The Bertz CT molecular complexity index is 1060. The summed E-state index contributed by atoms with van der Waals surface area (Å²) in [5, 5.41) is 13.2. The molecule has 0 amide bonds. The summed E-state index contributed by atoms with van der Waals surface area (Å²) < 4.78 is 10.9. The van der Waals surface area contributed by atoms with E-state index in [-0.39, 0.29) is 13.0 Å². The molecular formula is C26H27NO5. The number of rotatable bonds is 11. The standard InChI is InChI=1S/C26H27NO5/c1-3-25(21-12-10-20(11-13-21)22-7-5-8-23(18-22)30-2)27-32-15-14-31-24-9-4-6-19(16-24)17-26(28)29/h4-13,16,18H,3,14-15,17H2,1-2H3,(H,28,29). The molecule has 6 heteroatoms. The summed E-state index contributed by atoms with van der Waals surface area (Å²) >= 11 is 0. The van der Waals surface area contributed by atoms with Crippen LogP contribution in [0.15, 0.2) is 78.0 Å². The van der Waals surface area contributed by atoms with Gasteiger partial charge in [-0.2, -0.15) is 0 Å². The fraction of sp³-hybridized carbons (Fsp3) is 0.231. The van der Waals surface area contributed by atoms with Crippen LogP contribution < -0.4 is 9.47 Å². The smallest absolute Gasteiger partial charge is 0.307 e. The second-order valence-corrected chi connectivity index (χ2v) is 7.10. The molecule has 0 radical (unpaired) electrons. The topological polar surface area (TPSA) is 77.4 Å². The van der Waals surface area contributed by atoms with Crippen LogP contribution in [-0.4, -0.2) is 37.1 Å². The van der Waals surface area contributed by atoms with Gasteiger partial charge in [0.05, 0.1) is 19.2 Å². The molecule has 0 fully saturated rings. The highest BCUT2D eigenvalue weighted by atomic mass is 16.6. The number of aliphatic carboxylic acids is 1. The average molecular weight is 434 g/mol. The molecule has 32 heavy (non-hydrogen) atoms. The summed E-state index contributed by atoms with van der Waals surface area (Å²) in [6, 6.07) is 23.2. The monoisotopic (exact) mass is 433 g/mol. The SMILES string of the molecule is CCC(=NOCCOc1cccc(CC(=O)O)c1)c1ccc(-c2cccc(OC)c2)cc1. The molecule has 0 saturated carbocycles. The van der Waals surface area contributed by atoms with Gasteiger partial charge in [0.25, 0.3) is 0 Å². The second kappa shape index (κ2) is 11.6. The number of nitrogens with zero attached hydrogens (tertiary/aromatic N) is 1. The number of benzene rings is 3. The Morgan fingerprint density at radius 3 is 2.38 bits per heavy atom. The second-order valence-electron chi connectivity index (χ2n) is 7.10. The van der Waals surface area contributed by atoms with Gasteiger partial charge >= 0.3 is 5.97 Å². The highest BCUT2D eigenvalue weighted by Crippen LogP contribution is 2.24. The number of ether oxygens (including phenoxy) is 2. The minimum atomic E-state index is -0.872. The molecular weight excluding hydrogens is 406 g/mol. The van der Waals surface area contributed by atoms with Gasteiger partial charge in [0.1, 0.15) is 18.1 Å². The largest absolute Gasteiger partial charge is 0.497 e. The average Bonchev–Trinajstić information content (AvgIpc) is 2.81. The van der Waals surface area contributed by atoms with E-state index in [1.54, 1.807) is 31.4 Å². The molecule has 3 aromatic rings. The molecule has 6 nitrogen and oxygen atoms in total. The van der Waals surface area contributed by atoms with E-state index in [1.807, 2.05) is 43.3 Å². The van der Waals surface area contributed by atoms with Crippen molar-refractivity contribution in [2.75, 3.05) is 20.3 Å². The van der Waals surface area contributed by atoms with Gasteiger partial charge in [0, 0.05) is 0 Å². The van der Waals surface area contributed by atoms with Gasteiger partial charge in [-0.05, 0) is 52.9 Å². The zero-order valence-electron chi connectivity index (χ0n) is 18.3. The van der Waals surface area contributed by atoms with Crippen LogP contribution >= 0.6 is 0 Å². The number of hydrogen-bond acceptors (Lipinski definition) is 5. The van der Waals surface area contributed by atoms with Gasteiger partial charge in [0.2, 0.25) is 0 Å². The Labute approximate surface area is 188 Å². The Balaban J connectivity index is 1.54. The molecule has 0 aromatic heterocycles. The predicted molar refractivity (Wildman–Crippen MR) is 124 cm³/mol. The van der Waals surface area contributed by atoms with E-state index in [0.29, 0.717) is 17.9 Å². The number of oxime groups is 1. The molecule has 0 aliphatic rings. The summed E-state index contributed by atoms with van der Waals surface area (Å²) in [5.41, 5.74) is 4.74. The van der Waals surface area contributed by atoms with Crippen molar-refractivity contribution in [3.8, 4) is 22.6 Å². The van der Waals surface area contributed by atoms with Crippen molar-refractivity contribution in [1.29, 1.82) is 0 Å². The highest BCUT2D eigenvalue weighted by molar-refractivity contribution is 6.00. The third-order valence-electron chi connectivity index (χ3n) is 4.83. The van der Waals surface area contributed by atoms with Crippen LogP contribution in [0.4, 0.5) is 0 Å². The molecule has 0 spiro atoms. The number of carboxylic acid groups (broad SMARTS) is 1. The lowest BCUT2D eigenvalue weighted by atomic mass is 10.0. The third-order valence-corrected chi connectivity index (χ3v) is 4.83. The Hall–Kier alpha value is -3.80. The molecule has 0 atom stereocenters. The molecule has 0 bridgehead atoms. The minimum Gasteiger partial charge on any atom is -0.497 e. The minimum absolute atomic E-state index is 0.0333. The van der Waals surface area contributed by atoms with Gasteiger partial charge < -0.3 is 19.4 Å². The molecule has 0 heterocycles. The van der Waals surface area contributed by atoms with E-state index in [4.69, 9.17) is 19.4 Å². The predicted octanol–water partition coefficient (Wildman–Crippen LogP) is 5.20. The van der Waals surface area contributed by atoms with Gasteiger partial charge in [-0.1, -0.05) is 60.6 Å². The summed E-state index contributed by atoms with van der Waals surface area (Å²) in [7, 11) is 1.66. The van der Waals surface area contributed by atoms with Crippen molar-refractivity contribution in [2.45, 2.75) is 19.8 Å². The molecule has 3 aromatic carbocycles. The first-order valence-corrected chi connectivity index (χ1v) is 10.5. The quantitative estimate of drug-likeness (QED) is 0.256. The van der Waals surface area contributed by atoms with Crippen molar-refractivity contribution in [3.05, 3.63) is 83.9 Å². The van der Waals surface area contributed by atoms with Crippen molar-refractivity contribution >= 4 is 11.7 Å². The van der Waals surface area contributed by atoms with Crippen molar-refractivity contribution in [2.24, 2.45) is 5.16 Å². The maximum absolute atomic E-state index is 10.8. The Morgan fingerprint density at radius 1 is 0.906 bits per heavy atom. The first kappa shape index (κ1) is 22.9. The number of hydrogen-bond donors (Lipinski definition) is 1. The van der Waals surface area contributed by atoms with Crippen molar-refractivity contribution in [1.82, 2.24) is 0 Å². The molecule has 166 valence electrons. The van der Waals surface area contributed by atoms with E-state index >= 15 is 0 Å². The maximum Gasteiger partial charge on any atom is 0.307 e. The number of carboxylic acids is 1. The fourth-order valence-corrected chi connectivity index (χ4v) is 3.22. The van der Waals surface area contributed by atoms with E-state index < -0.39 is 5.97 Å². The molecule has 1 N–H and O–H groups in total. The van der Waals surface area contributed by atoms with E-state index in [0.717, 1.165) is 34.6 Å². The normalized spacial score (nSPS) is 11.1. The summed E-state index contributed by atoms with van der Waals surface area (Å²) in [6.07, 6.45) is 0.699. The third kappa shape index (κ3) is 6.60. The molecule has 3 rings (SSSR count). The summed E-state index contributed by atoms with van der Waals surface area (Å²) in [6.45, 7) is 2.63. The summed E-state index contributed by atoms with van der Waals surface area (Å²) in [4.78, 5) is 16.3. The van der Waals surface area contributed by atoms with E-state index in [1.165, 1.54) is 0 Å². The Kier molecular flexibility index (Phi) is 8.26. The van der Waals surface area contributed by atoms with Gasteiger partial charge in [-0.15, -0.1) is 0 Å². The first-order valence-electron chi connectivity index (χ1n) is 10.5. The first-order chi connectivity index (χ1) is 15.6. The molecule has 0 aliphatic heterocycles. The number of methoxy groups -OCH3 is 1. The van der Waals surface area contributed by atoms with Gasteiger partial charge in [-0.25, -0.2) is 0 Å². The van der Waals surface area contributed by atoms with Crippen LogP contribution in [0.2, 0.25) is 0 Å². The van der Waals surface area contributed by atoms with Gasteiger partial charge in [-0.3, -0.25) is 4.79 Å². The lowest BCUT2D eigenvalue weighted by Crippen LogP contribution is -2.07. The van der Waals surface area contributed by atoms with Crippen LogP contribution in [0.3, 0.4) is 0 Å². The lowest BCUT2D eigenvalue weighted by Gasteiger charge is -2.09. The lowest BCUT2D eigenvalue weighted by molar-refractivity contribution is -0.136. The number of carbonyl (C=O) groups is 1. The van der Waals surface area contributed by atoms with Crippen LogP contribution in [0.5, 0.6) is 11.5 Å². The van der Waals surface area contributed by atoms with Crippen LogP contribution in [0.1, 0.15) is 24.5 Å².